The van der Waals surface area contributed by atoms with E-state index in [-0.39, 0.29) is 11.5 Å². The lowest BCUT2D eigenvalue weighted by atomic mass is 10.1. The molecule has 0 spiro atoms. The molecule has 0 amide bonds. The SMILES string of the molecule is CC(=O)c1ccc(NS(=O)(=O)CCCCCl)cc1. The van der Waals surface area contributed by atoms with Gasteiger partial charge in [0, 0.05) is 17.1 Å². The number of anilines is 1. The van der Waals surface area contributed by atoms with Gasteiger partial charge in [0.25, 0.3) is 0 Å². The van der Waals surface area contributed by atoms with Gasteiger partial charge in [0.05, 0.1) is 5.75 Å². The van der Waals surface area contributed by atoms with Crippen LogP contribution in [0.3, 0.4) is 0 Å². The maximum atomic E-state index is 11.7. The zero-order valence-electron chi connectivity index (χ0n) is 10.1. The molecule has 0 saturated heterocycles. The number of hydrogen-bond donors (Lipinski definition) is 1. The summed E-state index contributed by atoms with van der Waals surface area (Å²) in [6, 6.07) is 6.35. The number of unbranched alkanes of at least 4 members (excludes halogenated alkanes) is 1. The predicted molar refractivity (Wildman–Crippen MR) is 73.8 cm³/mol. The minimum atomic E-state index is -3.33. The number of carbonyl (C=O) groups is 1. The van der Waals surface area contributed by atoms with Gasteiger partial charge in [-0.1, -0.05) is 0 Å². The standard InChI is InChI=1S/C12H16ClNO3S/c1-10(15)11-4-6-12(7-5-11)14-18(16,17)9-3-2-8-13/h4-7,14H,2-3,8-9H2,1H3. The molecule has 1 rings (SSSR count). The Balaban J connectivity index is 2.63. The maximum Gasteiger partial charge on any atom is 0.232 e. The number of carbonyl (C=O) groups excluding carboxylic acids is 1. The number of Topliss-reactive ketones (excluding diaryl/α,β-unsaturated/α-hetero) is 1. The molecule has 0 aromatic heterocycles. The number of ketones is 1. The first-order chi connectivity index (χ1) is 8.44. The molecule has 1 aromatic rings. The van der Waals surface area contributed by atoms with Crippen molar-refractivity contribution in [3.05, 3.63) is 29.8 Å². The smallest absolute Gasteiger partial charge is 0.232 e. The van der Waals surface area contributed by atoms with Crippen molar-refractivity contribution in [1.82, 2.24) is 0 Å². The molecule has 0 aliphatic heterocycles. The third-order valence-electron chi connectivity index (χ3n) is 2.36. The van der Waals surface area contributed by atoms with Gasteiger partial charge in [0.15, 0.2) is 5.78 Å². The molecule has 0 aliphatic carbocycles. The zero-order chi connectivity index (χ0) is 13.6. The van der Waals surface area contributed by atoms with E-state index in [9.17, 15) is 13.2 Å². The van der Waals surface area contributed by atoms with Gasteiger partial charge in [-0.2, -0.15) is 0 Å². The number of sulfonamides is 1. The van der Waals surface area contributed by atoms with Gasteiger partial charge in [0.1, 0.15) is 0 Å². The van der Waals surface area contributed by atoms with Gasteiger partial charge in [0.2, 0.25) is 10.0 Å². The average molecular weight is 290 g/mol. The van der Waals surface area contributed by atoms with Crippen molar-refractivity contribution in [2.45, 2.75) is 19.8 Å². The predicted octanol–water partition coefficient (Wildman–Crippen LogP) is 2.65. The molecule has 0 heterocycles. The second-order valence-corrected chi connectivity index (χ2v) is 6.17. The molecule has 0 radical (unpaired) electrons. The molecule has 18 heavy (non-hydrogen) atoms. The van der Waals surface area contributed by atoms with Crippen LogP contribution in [0.4, 0.5) is 5.69 Å². The molecule has 6 heteroatoms. The molecule has 100 valence electrons. The minimum absolute atomic E-state index is 0.0495. The van der Waals surface area contributed by atoms with Crippen LogP contribution in [0.1, 0.15) is 30.1 Å². The summed E-state index contributed by atoms with van der Waals surface area (Å²) in [7, 11) is -3.33. The monoisotopic (exact) mass is 289 g/mol. The number of alkyl halides is 1. The second kappa shape index (κ2) is 6.75. The number of benzene rings is 1. The summed E-state index contributed by atoms with van der Waals surface area (Å²) in [4.78, 5) is 11.1. The Hall–Kier alpha value is -1.07. The summed E-state index contributed by atoms with van der Waals surface area (Å²) in [5, 5.41) is 0. The summed E-state index contributed by atoms with van der Waals surface area (Å²) < 4.78 is 25.8. The highest BCUT2D eigenvalue weighted by Crippen LogP contribution is 2.12. The van der Waals surface area contributed by atoms with Crippen LogP contribution in [-0.4, -0.2) is 25.8 Å². The average Bonchev–Trinajstić information content (AvgIpc) is 2.29. The summed E-state index contributed by atoms with van der Waals surface area (Å²) >= 11 is 5.49. The summed E-state index contributed by atoms with van der Waals surface area (Å²) in [5.41, 5.74) is 1.02. The Morgan fingerprint density at radius 1 is 1.22 bits per heavy atom. The van der Waals surface area contributed by atoms with Crippen LogP contribution < -0.4 is 4.72 Å². The molecule has 1 aromatic carbocycles. The van der Waals surface area contributed by atoms with Crippen molar-refractivity contribution in [1.29, 1.82) is 0 Å². The van der Waals surface area contributed by atoms with Crippen molar-refractivity contribution in [3.63, 3.8) is 0 Å². The van der Waals surface area contributed by atoms with Crippen molar-refractivity contribution in [3.8, 4) is 0 Å². The van der Waals surface area contributed by atoms with E-state index in [1.165, 1.54) is 6.92 Å². The van der Waals surface area contributed by atoms with Crippen LogP contribution in [0.15, 0.2) is 24.3 Å². The van der Waals surface area contributed by atoms with E-state index in [4.69, 9.17) is 11.6 Å². The molecule has 0 atom stereocenters. The van der Waals surface area contributed by atoms with Gasteiger partial charge >= 0.3 is 0 Å². The normalized spacial score (nSPS) is 11.2. The second-order valence-electron chi connectivity index (χ2n) is 3.95. The van der Waals surface area contributed by atoms with Crippen LogP contribution in [0.5, 0.6) is 0 Å². The fourth-order valence-corrected chi connectivity index (χ4v) is 2.76. The quantitative estimate of drug-likeness (QED) is 0.477. The molecule has 0 aliphatic rings. The third kappa shape index (κ3) is 5.06. The number of halogens is 1. The van der Waals surface area contributed by atoms with Crippen LogP contribution in [0.2, 0.25) is 0 Å². The van der Waals surface area contributed by atoms with Crippen LogP contribution in [0, 0.1) is 0 Å². The third-order valence-corrected chi connectivity index (χ3v) is 4.00. The first-order valence-electron chi connectivity index (χ1n) is 5.62. The lowest BCUT2D eigenvalue weighted by Gasteiger charge is -2.07. The van der Waals surface area contributed by atoms with E-state index in [0.29, 0.717) is 30.0 Å². The van der Waals surface area contributed by atoms with Gasteiger partial charge in [-0.3, -0.25) is 9.52 Å². The van der Waals surface area contributed by atoms with Gasteiger partial charge in [-0.25, -0.2) is 8.42 Å². The van der Waals surface area contributed by atoms with Crippen LogP contribution in [0.25, 0.3) is 0 Å². The fourth-order valence-electron chi connectivity index (χ4n) is 1.39. The molecule has 4 nitrogen and oxygen atoms in total. The number of rotatable bonds is 7. The van der Waals surface area contributed by atoms with Gasteiger partial charge in [-0.05, 0) is 44.0 Å². The van der Waals surface area contributed by atoms with E-state index < -0.39 is 10.0 Å². The molecule has 0 unspecified atom stereocenters. The molecular weight excluding hydrogens is 274 g/mol. The van der Waals surface area contributed by atoms with E-state index in [2.05, 4.69) is 4.72 Å². The molecule has 0 saturated carbocycles. The Labute approximate surface area is 112 Å². The summed E-state index contributed by atoms with van der Waals surface area (Å²) in [6.45, 7) is 1.46. The zero-order valence-corrected chi connectivity index (χ0v) is 11.7. The highest BCUT2D eigenvalue weighted by molar-refractivity contribution is 7.92. The Morgan fingerprint density at radius 3 is 2.33 bits per heavy atom. The fraction of sp³-hybridized carbons (Fsp3) is 0.417. The largest absolute Gasteiger partial charge is 0.295 e. The van der Waals surface area contributed by atoms with E-state index >= 15 is 0 Å². The summed E-state index contributed by atoms with van der Waals surface area (Å²) in [5.74, 6) is 0.461. The highest BCUT2D eigenvalue weighted by atomic mass is 35.5. The molecular formula is C12H16ClNO3S. The van der Waals surface area contributed by atoms with E-state index in [1.54, 1.807) is 24.3 Å². The van der Waals surface area contributed by atoms with E-state index in [1.807, 2.05) is 0 Å². The van der Waals surface area contributed by atoms with E-state index in [0.717, 1.165) is 0 Å². The van der Waals surface area contributed by atoms with Crippen molar-refractivity contribution < 1.29 is 13.2 Å². The van der Waals surface area contributed by atoms with Gasteiger partial charge < -0.3 is 0 Å². The van der Waals surface area contributed by atoms with Gasteiger partial charge in [-0.15, -0.1) is 11.6 Å². The molecule has 1 N–H and O–H groups in total. The Kier molecular flexibility index (Phi) is 5.62. The number of hydrogen-bond acceptors (Lipinski definition) is 3. The number of nitrogens with one attached hydrogen (secondary N) is 1. The minimum Gasteiger partial charge on any atom is -0.295 e. The summed E-state index contributed by atoms with van der Waals surface area (Å²) in [6.07, 6.45) is 1.20. The molecule has 0 bridgehead atoms. The molecule has 0 fully saturated rings. The highest BCUT2D eigenvalue weighted by Gasteiger charge is 2.10. The maximum absolute atomic E-state index is 11.7. The Morgan fingerprint density at radius 2 is 1.83 bits per heavy atom. The first-order valence-corrected chi connectivity index (χ1v) is 7.81. The lowest BCUT2D eigenvalue weighted by Crippen LogP contribution is -2.16. The van der Waals surface area contributed by atoms with Crippen molar-refractivity contribution >= 4 is 33.1 Å². The van der Waals surface area contributed by atoms with Crippen molar-refractivity contribution in [2.24, 2.45) is 0 Å². The Bertz CT molecular complexity index is 497. The first kappa shape index (κ1) is 15.0. The lowest BCUT2D eigenvalue weighted by molar-refractivity contribution is 0.101. The van der Waals surface area contributed by atoms with Crippen molar-refractivity contribution in [2.75, 3.05) is 16.4 Å². The topological polar surface area (TPSA) is 63.2 Å². The van der Waals surface area contributed by atoms with Crippen LogP contribution in [-0.2, 0) is 10.0 Å². The van der Waals surface area contributed by atoms with Crippen LogP contribution >= 0.6 is 11.6 Å².